The minimum absolute atomic E-state index is 0.561. The quantitative estimate of drug-likeness (QED) is 0.723. The third kappa shape index (κ3) is 4.22. The average Bonchev–Trinajstić information content (AvgIpc) is 2.42. The largest absolute Gasteiger partial charge is 0.488 e. The van der Waals surface area contributed by atoms with E-state index < -0.39 is 15.4 Å². The zero-order chi connectivity index (χ0) is 16.9. The molecule has 0 fully saturated rings. The predicted octanol–water partition coefficient (Wildman–Crippen LogP) is 3.10. The molecule has 0 saturated heterocycles. The highest BCUT2D eigenvalue weighted by Gasteiger charge is 2.44. The van der Waals surface area contributed by atoms with Crippen LogP contribution in [-0.4, -0.2) is 32.1 Å². The van der Waals surface area contributed by atoms with Crippen LogP contribution in [0.3, 0.4) is 0 Å². The van der Waals surface area contributed by atoms with E-state index in [0.29, 0.717) is 35.1 Å². The lowest BCUT2D eigenvalue weighted by molar-refractivity contribution is 0.281. The van der Waals surface area contributed by atoms with E-state index in [1.165, 1.54) is 0 Å². The number of hydrogen-bond acceptors (Lipinski definition) is 3. The van der Waals surface area contributed by atoms with Gasteiger partial charge in [-0.05, 0) is 34.1 Å². The first kappa shape index (κ1) is 19.4. The van der Waals surface area contributed by atoms with E-state index in [0.717, 1.165) is 5.56 Å². The SMILES string of the molecule is CC(C)[Si](OCCc1ccccc1B(O)O)(C(C)C)C(C)C. The maximum atomic E-state index is 9.45. The Bertz CT molecular complexity index is 439. The molecule has 0 aliphatic heterocycles. The Morgan fingerprint density at radius 1 is 0.955 bits per heavy atom. The van der Waals surface area contributed by atoms with Gasteiger partial charge in [-0.2, -0.15) is 0 Å². The Kier molecular flexibility index (Phi) is 7.33. The third-order valence-corrected chi connectivity index (χ3v) is 10.9. The fourth-order valence-electron chi connectivity index (χ4n) is 3.85. The van der Waals surface area contributed by atoms with E-state index in [1.807, 2.05) is 18.2 Å². The molecule has 0 unspecified atom stereocenters. The van der Waals surface area contributed by atoms with E-state index >= 15 is 0 Å². The summed E-state index contributed by atoms with van der Waals surface area (Å²) in [6.45, 7) is 14.3. The molecule has 0 aliphatic rings. The van der Waals surface area contributed by atoms with Gasteiger partial charge in [0.1, 0.15) is 0 Å². The summed E-state index contributed by atoms with van der Waals surface area (Å²) in [6.07, 6.45) is 0.717. The Labute approximate surface area is 137 Å². The van der Waals surface area contributed by atoms with Crippen molar-refractivity contribution in [1.82, 2.24) is 0 Å². The van der Waals surface area contributed by atoms with Crippen LogP contribution in [0.4, 0.5) is 0 Å². The minimum atomic E-state index is -1.85. The highest BCUT2D eigenvalue weighted by atomic mass is 28.4. The Balaban J connectivity index is 2.84. The van der Waals surface area contributed by atoms with Crippen molar-refractivity contribution in [3.63, 3.8) is 0 Å². The van der Waals surface area contributed by atoms with Gasteiger partial charge in [-0.25, -0.2) is 0 Å². The molecule has 2 N–H and O–H groups in total. The predicted molar refractivity (Wildman–Crippen MR) is 97.0 cm³/mol. The second-order valence-corrected chi connectivity index (χ2v) is 12.4. The van der Waals surface area contributed by atoms with Crippen LogP contribution < -0.4 is 5.46 Å². The summed E-state index contributed by atoms with van der Waals surface area (Å²) < 4.78 is 6.53. The molecule has 3 nitrogen and oxygen atoms in total. The van der Waals surface area contributed by atoms with Gasteiger partial charge in [0, 0.05) is 6.61 Å². The molecule has 0 amide bonds. The maximum Gasteiger partial charge on any atom is 0.488 e. The standard InChI is InChI=1S/C17H31BO3Si/c1-13(2)22(14(3)4,15(5)6)21-12-11-16-9-7-8-10-17(16)18(19)20/h7-10,13-15,19-20H,11-12H2,1-6H3. The van der Waals surface area contributed by atoms with Crippen molar-refractivity contribution in [1.29, 1.82) is 0 Å². The van der Waals surface area contributed by atoms with Crippen molar-refractivity contribution in [3.05, 3.63) is 29.8 Å². The summed E-state index contributed by atoms with van der Waals surface area (Å²) in [4.78, 5) is 0. The second kappa shape index (κ2) is 8.29. The molecule has 1 aromatic rings. The van der Waals surface area contributed by atoms with Crippen LogP contribution in [0.25, 0.3) is 0 Å². The van der Waals surface area contributed by atoms with Gasteiger partial charge in [-0.15, -0.1) is 0 Å². The highest BCUT2D eigenvalue weighted by Crippen LogP contribution is 2.42. The molecular formula is C17H31BO3Si. The summed E-state index contributed by atoms with van der Waals surface area (Å²) in [5.41, 5.74) is 3.22. The fourth-order valence-corrected chi connectivity index (χ4v) is 9.31. The van der Waals surface area contributed by atoms with E-state index in [9.17, 15) is 10.0 Å². The van der Waals surface area contributed by atoms with Crippen LogP contribution in [0.15, 0.2) is 24.3 Å². The van der Waals surface area contributed by atoms with E-state index in [1.54, 1.807) is 6.07 Å². The van der Waals surface area contributed by atoms with Gasteiger partial charge in [0.2, 0.25) is 0 Å². The lowest BCUT2D eigenvalue weighted by Gasteiger charge is -2.42. The Morgan fingerprint density at radius 3 is 1.91 bits per heavy atom. The molecule has 22 heavy (non-hydrogen) atoms. The molecule has 0 atom stereocenters. The molecule has 124 valence electrons. The number of benzene rings is 1. The first-order chi connectivity index (χ1) is 10.2. The Morgan fingerprint density at radius 2 is 1.45 bits per heavy atom. The number of rotatable bonds is 8. The van der Waals surface area contributed by atoms with Crippen LogP contribution >= 0.6 is 0 Å². The molecule has 0 saturated carbocycles. The molecule has 0 aromatic heterocycles. The van der Waals surface area contributed by atoms with Crippen LogP contribution in [0.2, 0.25) is 16.6 Å². The van der Waals surface area contributed by atoms with Crippen LogP contribution in [0.5, 0.6) is 0 Å². The smallest absolute Gasteiger partial charge is 0.423 e. The summed E-state index contributed by atoms with van der Waals surface area (Å²) in [5.74, 6) is 0. The van der Waals surface area contributed by atoms with Crippen molar-refractivity contribution in [2.75, 3.05) is 6.61 Å². The maximum absolute atomic E-state index is 9.45. The van der Waals surface area contributed by atoms with Gasteiger partial charge in [-0.3, -0.25) is 0 Å². The monoisotopic (exact) mass is 322 g/mol. The molecule has 1 rings (SSSR count). The van der Waals surface area contributed by atoms with Crippen LogP contribution in [-0.2, 0) is 10.8 Å². The second-order valence-electron chi connectivity index (χ2n) is 6.99. The van der Waals surface area contributed by atoms with Crippen molar-refractivity contribution >= 4 is 20.9 Å². The zero-order valence-corrected chi connectivity index (χ0v) is 15.8. The topological polar surface area (TPSA) is 49.7 Å². The minimum Gasteiger partial charge on any atom is -0.423 e. The Hall–Kier alpha value is -0.618. The van der Waals surface area contributed by atoms with Gasteiger partial charge >= 0.3 is 7.12 Å². The summed E-state index contributed by atoms with van der Waals surface area (Å²) >= 11 is 0. The lowest BCUT2D eigenvalue weighted by Crippen LogP contribution is -2.48. The molecule has 0 heterocycles. The molecule has 1 aromatic carbocycles. The molecule has 0 radical (unpaired) electrons. The fraction of sp³-hybridized carbons (Fsp3) is 0.647. The van der Waals surface area contributed by atoms with Crippen LogP contribution in [0, 0.1) is 0 Å². The summed E-state index contributed by atoms with van der Waals surface area (Å²) in [5, 5.41) is 18.9. The molecular weight excluding hydrogens is 291 g/mol. The molecule has 0 bridgehead atoms. The zero-order valence-electron chi connectivity index (χ0n) is 14.8. The molecule has 5 heteroatoms. The van der Waals surface area contributed by atoms with Gasteiger partial charge < -0.3 is 14.5 Å². The van der Waals surface area contributed by atoms with E-state index in [4.69, 9.17) is 4.43 Å². The van der Waals surface area contributed by atoms with Crippen molar-refractivity contribution in [2.45, 2.75) is 64.6 Å². The molecule has 0 spiro atoms. The van der Waals surface area contributed by atoms with Gasteiger partial charge in [0.15, 0.2) is 8.32 Å². The van der Waals surface area contributed by atoms with Crippen molar-refractivity contribution in [2.24, 2.45) is 0 Å². The highest BCUT2D eigenvalue weighted by molar-refractivity contribution is 6.77. The van der Waals surface area contributed by atoms with E-state index in [-0.39, 0.29) is 0 Å². The lowest BCUT2D eigenvalue weighted by atomic mass is 9.76. The van der Waals surface area contributed by atoms with Gasteiger partial charge in [-0.1, -0.05) is 65.8 Å². The van der Waals surface area contributed by atoms with Gasteiger partial charge in [0.05, 0.1) is 0 Å². The summed E-state index contributed by atoms with van der Waals surface area (Å²) in [6, 6.07) is 7.47. The summed E-state index contributed by atoms with van der Waals surface area (Å²) in [7, 11) is -3.27. The third-order valence-electron chi connectivity index (χ3n) is 4.76. The number of hydrogen-bond donors (Lipinski definition) is 2. The first-order valence-electron chi connectivity index (χ1n) is 8.31. The first-order valence-corrected chi connectivity index (χ1v) is 10.4. The average molecular weight is 322 g/mol. The normalized spacial score (nSPS) is 12.5. The molecule has 0 aliphatic carbocycles. The van der Waals surface area contributed by atoms with E-state index in [2.05, 4.69) is 41.5 Å². The van der Waals surface area contributed by atoms with Crippen LogP contribution in [0.1, 0.15) is 47.1 Å². The van der Waals surface area contributed by atoms with Crippen molar-refractivity contribution in [3.8, 4) is 0 Å². The van der Waals surface area contributed by atoms with Crippen molar-refractivity contribution < 1.29 is 14.5 Å². The van der Waals surface area contributed by atoms with Gasteiger partial charge in [0.25, 0.3) is 0 Å².